The van der Waals surface area contributed by atoms with Gasteiger partial charge >= 0.3 is 0 Å². The molecule has 4 rings (SSSR count). The molecule has 2 N–H and O–H groups in total. The maximum Gasteiger partial charge on any atom is 0.270 e. The number of rotatable bonds is 8. The lowest BCUT2D eigenvalue weighted by molar-refractivity contribution is -0.384. The Morgan fingerprint density at radius 2 is 1.66 bits per heavy atom. The number of anilines is 2. The standard InChI is InChI=1S/C19H11F2N7O4S3/c20-11-5-2-6-12(21)14(11)15(30)23-18-26-27-19(35-18)33-8-13(29)22-17-25-24-16(34-17)9-3-1-4-10(7-9)28(31)32/h1-7H,8H2,(H,22,25,29)(H,23,26,30). The minimum atomic E-state index is -1.01. The molecule has 11 nitrogen and oxygen atoms in total. The molecule has 178 valence electrons. The van der Waals surface area contributed by atoms with E-state index in [1.54, 1.807) is 6.07 Å². The van der Waals surface area contributed by atoms with Gasteiger partial charge in [-0.25, -0.2) is 8.78 Å². The van der Waals surface area contributed by atoms with Crippen LogP contribution < -0.4 is 10.6 Å². The van der Waals surface area contributed by atoms with Gasteiger partial charge in [-0.3, -0.25) is 30.3 Å². The quantitative estimate of drug-likeness (QED) is 0.146. The second kappa shape index (κ2) is 10.6. The molecule has 0 bridgehead atoms. The summed E-state index contributed by atoms with van der Waals surface area (Å²) in [7, 11) is 0. The van der Waals surface area contributed by atoms with Gasteiger partial charge in [0.2, 0.25) is 16.2 Å². The van der Waals surface area contributed by atoms with E-state index in [9.17, 15) is 28.5 Å². The van der Waals surface area contributed by atoms with E-state index < -0.39 is 33.9 Å². The fourth-order valence-electron chi connectivity index (χ4n) is 2.62. The smallest absolute Gasteiger partial charge is 0.270 e. The SMILES string of the molecule is O=C(CSc1nnc(NC(=O)c2c(F)cccc2F)s1)Nc1nnc(-c2cccc([N+](=O)[O-])c2)s1. The molecule has 2 aromatic heterocycles. The number of carbonyl (C=O) groups excluding carboxylic acids is 2. The van der Waals surface area contributed by atoms with Crippen molar-refractivity contribution in [3.63, 3.8) is 0 Å². The Hall–Kier alpha value is -3.89. The molecule has 0 saturated heterocycles. The summed E-state index contributed by atoms with van der Waals surface area (Å²) in [6.45, 7) is 0. The first-order chi connectivity index (χ1) is 16.8. The van der Waals surface area contributed by atoms with Crippen molar-refractivity contribution in [2.75, 3.05) is 16.4 Å². The van der Waals surface area contributed by atoms with Crippen molar-refractivity contribution in [2.24, 2.45) is 0 Å². The topological polar surface area (TPSA) is 153 Å². The van der Waals surface area contributed by atoms with E-state index in [1.165, 1.54) is 18.2 Å². The molecular formula is C19H11F2N7O4S3. The van der Waals surface area contributed by atoms with Crippen molar-refractivity contribution in [3.05, 3.63) is 69.8 Å². The van der Waals surface area contributed by atoms with Gasteiger partial charge in [-0.1, -0.05) is 52.6 Å². The number of hydrogen-bond donors (Lipinski definition) is 2. The van der Waals surface area contributed by atoms with Gasteiger partial charge in [0.05, 0.1) is 10.7 Å². The first-order valence-corrected chi connectivity index (χ1v) is 12.0. The normalized spacial score (nSPS) is 10.7. The third-order valence-corrected chi connectivity index (χ3v) is 6.98. The van der Waals surface area contributed by atoms with Crippen LogP contribution in [0.2, 0.25) is 0 Å². The number of amides is 2. The number of thioether (sulfide) groups is 1. The minimum Gasteiger partial charge on any atom is -0.300 e. The van der Waals surface area contributed by atoms with E-state index in [0.717, 1.165) is 52.6 Å². The van der Waals surface area contributed by atoms with E-state index in [1.807, 2.05) is 0 Å². The number of nitrogens with zero attached hydrogens (tertiary/aromatic N) is 5. The molecule has 0 fully saturated rings. The van der Waals surface area contributed by atoms with Gasteiger partial charge in [0.1, 0.15) is 22.2 Å². The van der Waals surface area contributed by atoms with Crippen LogP contribution in [0.4, 0.5) is 24.7 Å². The molecular weight excluding hydrogens is 524 g/mol. The van der Waals surface area contributed by atoms with E-state index in [2.05, 4.69) is 31.0 Å². The van der Waals surface area contributed by atoms with Gasteiger partial charge in [0.25, 0.3) is 11.6 Å². The van der Waals surface area contributed by atoms with E-state index in [0.29, 0.717) is 14.9 Å². The number of benzene rings is 2. The minimum absolute atomic E-state index is 0.00582. The monoisotopic (exact) mass is 535 g/mol. The molecule has 16 heteroatoms. The maximum atomic E-state index is 13.7. The van der Waals surface area contributed by atoms with Crippen LogP contribution in [0.15, 0.2) is 46.8 Å². The van der Waals surface area contributed by atoms with E-state index in [4.69, 9.17) is 0 Å². The van der Waals surface area contributed by atoms with Gasteiger partial charge in [-0.15, -0.1) is 20.4 Å². The summed E-state index contributed by atoms with van der Waals surface area (Å²) in [4.78, 5) is 34.8. The van der Waals surface area contributed by atoms with Gasteiger partial charge < -0.3 is 0 Å². The van der Waals surface area contributed by atoms with Crippen LogP contribution >= 0.6 is 34.4 Å². The second-order valence-electron chi connectivity index (χ2n) is 6.48. The summed E-state index contributed by atoms with van der Waals surface area (Å²) in [6.07, 6.45) is 0. The zero-order valence-electron chi connectivity index (χ0n) is 17.1. The highest BCUT2D eigenvalue weighted by atomic mass is 32.2. The number of nitro groups is 1. The highest BCUT2D eigenvalue weighted by Gasteiger charge is 2.19. The Labute approximate surface area is 206 Å². The first-order valence-electron chi connectivity index (χ1n) is 9.40. The predicted octanol–water partition coefficient (Wildman–Crippen LogP) is 4.23. The lowest BCUT2D eigenvalue weighted by Crippen LogP contribution is -2.15. The van der Waals surface area contributed by atoms with Crippen molar-refractivity contribution in [1.29, 1.82) is 0 Å². The van der Waals surface area contributed by atoms with Crippen LogP contribution in [0.25, 0.3) is 10.6 Å². The molecule has 4 aromatic rings. The van der Waals surface area contributed by atoms with Gasteiger partial charge in [0.15, 0.2) is 4.34 Å². The summed E-state index contributed by atoms with van der Waals surface area (Å²) in [5, 5.41) is 31.7. The zero-order chi connectivity index (χ0) is 24.9. The highest BCUT2D eigenvalue weighted by Crippen LogP contribution is 2.30. The summed E-state index contributed by atoms with van der Waals surface area (Å²) >= 11 is 2.99. The Morgan fingerprint density at radius 3 is 2.40 bits per heavy atom. The first kappa shape index (κ1) is 24.2. The molecule has 0 atom stereocenters. The third-order valence-electron chi connectivity index (χ3n) is 4.12. The number of carbonyl (C=O) groups is 2. The number of nitro benzene ring substituents is 1. The lowest BCUT2D eigenvalue weighted by atomic mass is 10.2. The molecule has 35 heavy (non-hydrogen) atoms. The number of aromatic nitrogens is 4. The van der Waals surface area contributed by atoms with Crippen molar-refractivity contribution < 1.29 is 23.3 Å². The molecule has 2 heterocycles. The van der Waals surface area contributed by atoms with Crippen LogP contribution in [0.3, 0.4) is 0 Å². The van der Waals surface area contributed by atoms with Crippen molar-refractivity contribution in [3.8, 4) is 10.6 Å². The third kappa shape index (κ3) is 5.97. The Morgan fingerprint density at radius 1 is 0.971 bits per heavy atom. The van der Waals surface area contributed by atoms with E-state index >= 15 is 0 Å². The summed E-state index contributed by atoms with van der Waals surface area (Å²) in [5.74, 6) is -3.53. The van der Waals surface area contributed by atoms with Gasteiger partial charge in [0, 0.05) is 17.7 Å². The Balaban J connectivity index is 1.31. The summed E-state index contributed by atoms with van der Waals surface area (Å²) in [5.41, 5.74) is -0.338. The molecule has 0 aliphatic heterocycles. The molecule has 0 aliphatic rings. The Kier molecular flexibility index (Phi) is 7.33. The Bertz CT molecular complexity index is 1410. The molecule has 0 unspecified atom stereocenters. The molecule has 0 aliphatic carbocycles. The average Bonchev–Trinajstić information content (AvgIpc) is 3.47. The van der Waals surface area contributed by atoms with E-state index in [-0.39, 0.29) is 21.7 Å². The molecule has 2 amide bonds. The van der Waals surface area contributed by atoms with Crippen molar-refractivity contribution in [2.45, 2.75) is 4.34 Å². The van der Waals surface area contributed by atoms with Crippen LogP contribution in [-0.2, 0) is 4.79 Å². The average molecular weight is 536 g/mol. The highest BCUT2D eigenvalue weighted by molar-refractivity contribution is 8.01. The van der Waals surface area contributed by atoms with Crippen LogP contribution in [0.5, 0.6) is 0 Å². The van der Waals surface area contributed by atoms with Gasteiger partial charge in [-0.2, -0.15) is 0 Å². The van der Waals surface area contributed by atoms with Crippen molar-refractivity contribution in [1.82, 2.24) is 20.4 Å². The van der Waals surface area contributed by atoms with Crippen molar-refractivity contribution >= 4 is 62.2 Å². The number of non-ortho nitro benzene ring substituents is 1. The number of nitrogens with one attached hydrogen (secondary N) is 2. The molecule has 2 aromatic carbocycles. The molecule has 0 spiro atoms. The number of halogens is 2. The predicted molar refractivity (Wildman–Crippen MR) is 126 cm³/mol. The van der Waals surface area contributed by atoms with Crippen LogP contribution in [-0.4, -0.2) is 42.9 Å². The lowest BCUT2D eigenvalue weighted by Gasteiger charge is -2.03. The molecule has 0 saturated carbocycles. The summed E-state index contributed by atoms with van der Waals surface area (Å²) < 4.78 is 27.8. The second-order valence-corrected chi connectivity index (χ2v) is 9.66. The molecule has 0 radical (unpaired) electrons. The number of hydrogen-bond acceptors (Lipinski definition) is 11. The zero-order valence-corrected chi connectivity index (χ0v) is 19.5. The fraction of sp³-hybridized carbons (Fsp3) is 0.0526. The fourth-order valence-corrected chi connectivity index (χ4v) is 4.92. The maximum absolute atomic E-state index is 13.7. The van der Waals surface area contributed by atoms with Gasteiger partial charge in [-0.05, 0) is 12.1 Å². The van der Waals surface area contributed by atoms with Crippen LogP contribution in [0.1, 0.15) is 10.4 Å². The summed E-state index contributed by atoms with van der Waals surface area (Å²) in [6, 6.07) is 8.94. The largest absolute Gasteiger partial charge is 0.300 e. The van der Waals surface area contributed by atoms with Crippen LogP contribution in [0, 0.1) is 21.7 Å².